The lowest BCUT2D eigenvalue weighted by Crippen LogP contribution is -2.19. The smallest absolute Gasteiger partial charge is 0.250 e. The first-order chi connectivity index (χ1) is 12.9. The van der Waals surface area contributed by atoms with Crippen molar-refractivity contribution in [3.05, 3.63) is 41.2 Å². The van der Waals surface area contributed by atoms with Gasteiger partial charge in [0.25, 0.3) is 5.91 Å². The molecule has 2 rings (SSSR count). The number of hydrogen-bond acceptors (Lipinski definition) is 7. The molecule has 0 saturated carbocycles. The first-order valence-electron chi connectivity index (χ1n) is 8.49. The highest BCUT2D eigenvalue weighted by molar-refractivity contribution is 7.99. The fourth-order valence-electron chi connectivity index (χ4n) is 2.22. The third kappa shape index (κ3) is 6.90. The quantitative estimate of drug-likeness (QED) is 0.324. The van der Waals surface area contributed by atoms with Crippen molar-refractivity contribution in [1.29, 1.82) is 0 Å². The number of amides is 1. The molecule has 0 aliphatic rings. The van der Waals surface area contributed by atoms with Crippen LogP contribution in [0.2, 0.25) is 0 Å². The van der Waals surface area contributed by atoms with Crippen LogP contribution in [-0.4, -0.2) is 41.1 Å². The summed E-state index contributed by atoms with van der Waals surface area (Å²) in [5, 5.41) is 4.56. The number of carbonyl (C=O) groups is 1. The Balaban J connectivity index is 1.89. The average molecular weight is 388 g/mol. The van der Waals surface area contributed by atoms with Crippen molar-refractivity contribution in [1.82, 2.24) is 15.4 Å². The van der Waals surface area contributed by atoms with Gasteiger partial charge in [-0.2, -0.15) is 5.10 Å². The Morgan fingerprint density at radius 3 is 2.56 bits per heavy atom. The topological polar surface area (TPSA) is 85.7 Å². The number of nitrogens with one attached hydrogen (secondary N) is 1. The largest absolute Gasteiger partial charge is 0.493 e. The van der Waals surface area contributed by atoms with E-state index in [1.165, 1.54) is 11.8 Å². The maximum atomic E-state index is 11.9. The van der Waals surface area contributed by atoms with Crippen LogP contribution in [0.5, 0.6) is 11.5 Å². The van der Waals surface area contributed by atoms with Gasteiger partial charge in [0.05, 0.1) is 25.2 Å². The Morgan fingerprint density at radius 2 is 1.93 bits per heavy atom. The third-order valence-corrected chi connectivity index (χ3v) is 4.09. The molecule has 7 nitrogen and oxygen atoms in total. The lowest BCUT2D eigenvalue weighted by atomic mass is 10.2. The number of benzene rings is 1. The molecule has 1 aromatic heterocycles. The summed E-state index contributed by atoms with van der Waals surface area (Å²) < 4.78 is 11.0. The van der Waals surface area contributed by atoms with Crippen LogP contribution in [0.3, 0.4) is 0 Å². The lowest BCUT2D eigenvalue weighted by molar-refractivity contribution is -0.118. The van der Waals surface area contributed by atoms with Gasteiger partial charge in [0.15, 0.2) is 16.7 Å². The van der Waals surface area contributed by atoms with E-state index in [4.69, 9.17) is 9.47 Å². The number of hydrazone groups is 1. The molecule has 0 fully saturated rings. The summed E-state index contributed by atoms with van der Waals surface area (Å²) in [6, 6.07) is 7.34. The van der Waals surface area contributed by atoms with E-state index in [1.807, 2.05) is 45.9 Å². The maximum Gasteiger partial charge on any atom is 0.250 e. The highest BCUT2D eigenvalue weighted by Crippen LogP contribution is 2.28. The molecule has 1 heterocycles. The molecule has 0 radical (unpaired) electrons. The van der Waals surface area contributed by atoms with E-state index in [2.05, 4.69) is 20.5 Å². The lowest BCUT2D eigenvalue weighted by Gasteiger charge is -2.13. The predicted molar refractivity (Wildman–Crippen MR) is 107 cm³/mol. The van der Waals surface area contributed by atoms with Gasteiger partial charge in [-0.25, -0.2) is 15.4 Å². The maximum absolute atomic E-state index is 11.9. The standard InChI is InChI=1S/C19H24N4O3S/c1-12(2)26-16-7-6-15(9-17(16)25-5)10-20-23-18(24)11-27-19-21-13(3)8-14(4)22-19/h6-10,12H,11H2,1-5H3,(H,23,24)/b20-10-. The Morgan fingerprint density at radius 1 is 1.22 bits per heavy atom. The Bertz CT molecular complexity index is 804. The summed E-state index contributed by atoms with van der Waals surface area (Å²) in [4.78, 5) is 20.5. The number of methoxy groups -OCH3 is 1. The van der Waals surface area contributed by atoms with Crippen molar-refractivity contribution in [2.45, 2.75) is 39.0 Å². The molecule has 2 aromatic rings. The summed E-state index contributed by atoms with van der Waals surface area (Å²) in [5.74, 6) is 1.23. The van der Waals surface area contributed by atoms with E-state index in [-0.39, 0.29) is 17.8 Å². The number of ether oxygens (including phenoxy) is 2. The summed E-state index contributed by atoms with van der Waals surface area (Å²) >= 11 is 1.27. The second kappa shape index (κ2) is 9.91. The zero-order valence-electron chi connectivity index (χ0n) is 16.1. The van der Waals surface area contributed by atoms with Crippen molar-refractivity contribution in [2.24, 2.45) is 5.10 Å². The van der Waals surface area contributed by atoms with Crippen LogP contribution in [0.25, 0.3) is 0 Å². The van der Waals surface area contributed by atoms with Crippen LogP contribution in [0, 0.1) is 13.8 Å². The van der Waals surface area contributed by atoms with Gasteiger partial charge >= 0.3 is 0 Å². The predicted octanol–water partition coefficient (Wildman–Crippen LogP) is 3.13. The molecule has 0 aliphatic heterocycles. The second-order valence-corrected chi connectivity index (χ2v) is 7.03. The van der Waals surface area contributed by atoms with Gasteiger partial charge in [-0.05, 0) is 57.5 Å². The van der Waals surface area contributed by atoms with Crippen LogP contribution in [0.4, 0.5) is 0 Å². The van der Waals surface area contributed by atoms with Gasteiger partial charge in [0.2, 0.25) is 0 Å². The van der Waals surface area contributed by atoms with E-state index in [9.17, 15) is 4.79 Å². The minimum absolute atomic E-state index is 0.0522. The van der Waals surface area contributed by atoms with E-state index < -0.39 is 0 Å². The fourth-order valence-corrected chi connectivity index (χ4v) is 2.96. The van der Waals surface area contributed by atoms with Crippen LogP contribution in [0.1, 0.15) is 30.8 Å². The third-order valence-electron chi connectivity index (χ3n) is 3.25. The minimum Gasteiger partial charge on any atom is -0.493 e. The number of rotatable bonds is 8. The molecule has 0 unspecified atom stereocenters. The van der Waals surface area contributed by atoms with Gasteiger partial charge < -0.3 is 9.47 Å². The zero-order valence-corrected chi connectivity index (χ0v) is 17.0. The van der Waals surface area contributed by atoms with Gasteiger partial charge in [-0.1, -0.05) is 11.8 Å². The molecule has 0 spiro atoms. The number of nitrogens with zero attached hydrogens (tertiary/aromatic N) is 3. The van der Waals surface area contributed by atoms with E-state index in [0.717, 1.165) is 17.0 Å². The number of thioether (sulfide) groups is 1. The highest BCUT2D eigenvalue weighted by atomic mass is 32.2. The van der Waals surface area contributed by atoms with Gasteiger partial charge in [0.1, 0.15) is 0 Å². The Kier molecular flexibility index (Phi) is 7.60. The van der Waals surface area contributed by atoms with Gasteiger partial charge in [0, 0.05) is 11.4 Å². The Labute approximate surface area is 163 Å². The second-order valence-electron chi connectivity index (χ2n) is 6.09. The molecule has 1 N–H and O–H groups in total. The Hall–Kier alpha value is -2.61. The molecular weight excluding hydrogens is 364 g/mol. The van der Waals surface area contributed by atoms with Crippen LogP contribution in [0.15, 0.2) is 34.5 Å². The van der Waals surface area contributed by atoms with Gasteiger partial charge in [-0.15, -0.1) is 0 Å². The molecule has 1 amide bonds. The number of hydrogen-bond donors (Lipinski definition) is 1. The van der Waals surface area contributed by atoms with Crippen molar-refractivity contribution >= 4 is 23.9 Å². The average Bonchev–Trinajstić information content (AvgIpc) is 2.60. The van der Waals surface area contributed by atoms with Crippen molar-refractivity contribution in [3.8, 4) is 11.5 Å². The zero-order chi connectivity index (χ0) is 19.8. The molecule has 0 aliphatic carbocycles. The van der Waals surface area contributed by atoms with E-state index in [1.54, 1.807) is 19.4 Å². The van der Waals surface area contributed by atoms with Crippen LogP contribution < -0.4 is 14.9 Å². The van der Waals surface area contributed by atoms with Gasteiger partial charge in [-0.3, -0.25) is 4.79 Å². The SMILES string of the molecule is COc1cc(/C=N\NC(=O)CSc2nc(C)cc(C)n2)ccc1OC(C)C. The molecule has 8 heteroatoms. The fraction of sp³-hybridized carbons (Fsp3) is 0.368. The van der Waals surface area contributed by atoms with Crippen molar-refractivity contribution in [3.63, 3.8) is 0 Å². The first kappa shape index (κ1) is 20.7. The van der Waals surface area contributed by atoms with Crippen LogP contribution >= 0.6 is 11.8 Å². The first-order valence-corrected chi connectivity index (χ1v) is 9.47. The summed E-state index contributed by atoms with van der Waals surface area (Å²) in [7, 11) is 1.58. The van der Waals surface area contributed by atoms with E-state index >= 15 is 0 Å². The minimum atomic E-state index is -0.231. The number of aryl methyl sites for hydroxylation is 2. The number of aromatic nitrogens is 2. The molecule has 0 bridgehead atoms. The molecule has 0 atom stereocenters. The summed E-state index contributed by atoms with van der Waals surface area (Å²) in [6.07, 6.45) is 1.61. The molecule has 1 aromatic carbocycles. The summed E-state index contributed by atoms with van der Waals surface area (Å²) in [5.41, 5.74) is 5.04. The molecule has 27 heavy (non-hydrogen) atoms. The van der Waals surface area contributed by atoms with Crippen LogP contribution in [-0.2, 0) is 4.79 Å². The van der Waals surface area contributed by atoms with E-state index in [0.29, 0.717) is 16.7 Å². The number of carbonyl (C=O) groups excluding carboxylic acids is 1. The monoisotopic (exact) mass is 388 g/mol. The molecule has 144 valence electrons. The summed E-state index contributed by atoms with van der Waals surface area (Å²) in [6.45, 7) is 7.70. The highest BCUT2D eigenvalue weighted by Gasteiger charge is 2.07. The molecule has 0 saturated heterocycles. The van der Waals surface area contributed by atoms with Crippen molar-refractivity contribution < 1.29 is 14.3 Å². The molecular formula is C19H24N4O3S. The van der Waals surface area contributed by atoms with Crippen molar-refractivity contribution in [2.75, 3.05) is 12.9 Å². The normalized spacial score (nSPS) is 11.0.